The van der Waals surface area contributed by atoms with Crippen LogP contribution in [-0.2, 0) is 4.79 Å². The maximum atomic E-state index is 12.7. The number of para-hydroxylation sites is 1. The van der Waals surface area contributed by atoms with Crippen molar-refractivity contribution in [3.8, 4) is 0 Å². The Morgan fingerprint density at radius 3 is 2.41 bits per heavy atom. The second-order valence-corrected chi connectivity index (χ2v) is 6.98. The fourth-order valence-corrected chi connectivity index (χ4v) is 3.35. The lowest BCUT2D eigenvalue weighted by atomic mass is 10.3. The minimum Gasteiger partial charge on any atom is -0.396 e. The lowest BCUT2D eigenvalue weighted by molar-refractivity contribution is -0.148. The maximum Gasteiger partial charge on any atom is 0.401 e. The number of carbonyl (C=O) groups excluding carboxylic acids is 1. The topological polar surface area (TPSA) is 52.6 Å². The monoisotopic (exact) mass is 398 g/mol. The number of anilines is 1. The van der Waals surface area contributed by atoms with Crippen LogP contribution in [0.1, 0.15) is 6.42 Å². The number of nitrogens with zero attached hydrogens (tertiary/aromatic N) is 1. The average molecular weight is 398 g/mol. The number of aliphatic hydroxyl groups is 1. The molecule has 146 valence electrons. The van der Waals surface area contributed by atoms with Gasteiger partial charge in [0, 0.05) is 22.9 Å². The van der Waals surface area contributed by atoms with Crippen LogP contribution in [0.15, 0.2) is 64.4 Å². The van der Waals surface area contributed by atoms with Gasteiger partial charge in [0.25, 0.3) is 0 Å². The van der Waals surface area contributed by atoms with Crippen molar-refractivity contribution >= 4 is 23.4 Å². The number of halogens is 3. The van der Waals surface area contributed by atoms with E-state index in [1.165, 1.54) is 11.8 Å². The molecule has 27 heavy (non-hydrogen) atoms. The van der Waals surface area contributed by atoms with Crippen LogP contribution in [0, 0.1) is 0 Å². The molecule has 2 aromatic carbocycles. The number of alkyl halides is 3. The molecule has 0 aromatic heterocycles. The van der Waals surface area contributed by atoms with Crippen molar-refractivity contribution < 1.29 is 23.1 Å². The van der Waals surface area contributed by atoms with Gasteiger partial charge in [0.1, 0.15) is 0 Å². The SMILES string of the molecule is O=C(CN(CCCO)CC(F)(F)F)Nc1ccccc1Sc1ccccc1. The van der Waals surface area contributed by atoms with Crippen LogP contribution >= 0.6 is 11.8 Å². The average Bonchev–Trinajstić information content (AvgIpc) is 2.61. The van der Waals surface area contributed by atoms with E-state index in [0.29, 0.717) is 5.69 Å². The second-order valence-electron chi connectivity index (χ2n) is 5.86. The van der Waals surface area contributed by atoms with Gasteiger partial charge in [-0.15, -0.1) is 0 Å². The van der Waals surface area contributed by atoms with Crippen LogP contribution in [0.5, 0.6) is 0 Å². The smallest absolute Gasteiger partial charge is 0.396 e. The van der Waals surface area contributed by atoms with Crippen molar-refractivity contribution in [3.63, 3.8) is 0 Å². The minimum atomic E-state index is -4.41. The lowest BCUT2D eigenvalue weighted by Crippen LogP contribution is -2.40. The Kier molecular flexibility index (Phi) is 8.15. The number of benzene rings is 2. The number of carbonyl (C=O) groups is 1. The number of nitrogens with one attached hydrogen (secondary N) is 1. The summed E-state index contributed by atoms with van der Waals surface area (Å²) >= 11 is 1.46. The van der Waals surface area contributed by atoms with Crippen LogP contribution in [0.4, 0.5) is 18.9 Å². The molecule has 0 saturated heterocycles. The van der Waals surface area contributed by atoms with Crippen molar-refractivity contribution in [1.29, 1.82) is 0 Å². The molecule has 0 aliphatic rings. The summed E-state index contributed by atoms with van der Waals surface area (Å²) in [4.78, 5) is 15.1. The Morgan fingerprint density at radius 2 is 1.74 bits per heavy atom. The minimum absolute atomic E-state index is 0.0101. The molecule has 2 N–H and O–H groups in total. The Hall–Kier alpha value is -2.03. The molecule has 0 radical (unpaired) electrons. The van der Waals surface area contributed by atoms with Gasteiger partial charge in [-0.1, -0.05) is 42.1 Å². The third kappa shape index (κ3) is 8.03. The van der Waals surface area contributed by atoms with Gasteiger partial charge in [0.15, 0.2) is 0 Å². The van der Waals surface area contributed by atoms with E-state index in [0.717, 1.165) is 14.7 Å². The quantitative estimate of drug-likeness (QED) is 0.670. The standard InChI is InChI=1S/C19H21F3N2O2S/c20-19(21,22)14-24(11-6-12-25)13-18(26)23-16-9-4-5-10-17(16)27-15-7-2-1-3-8-15/h1-5,7-10,25H,6,11-14H2,(H,23,26). The summed E-state index contributed by atoms with van der Waals surface area (Å²) in [5, 5.41) is 11.5. The summed E-state index contributed by atoms with van der Waals surface area (Å²) in [6, 6.07) is 16.7. The molecule has 4 nitrogen and oxygen atoms in total. The van der Waals surface area contributed by atoms with E-state index in [9.17, 15) is 18.0 Å². The molecule has 0 aliphatic heterocycles. The van der Waals surface area contributed by atoms with Gasteiger partial charge in [-0.2, -0.15) is 13.2 Å². The highest BCUT2D eigenvalue weighted by Crippen LogP contribution is 2.33. The Morgan fingerprint density at radius 1 is 1.07 bits per heavy atom. The first-order valence-electron chi connectivity index (χ1n) is 8.39. The van der Waals surface area contributed by atoms with Crippen molar-refractivity contribution in [2.75, 3.05) is 31.6 Å². The number of rotatable bonds is 9. The van der Waals surface area contributed by atoms with Crippen molar-refractivity contribution in [1.82, 2.24) is 4.90 Å². The van der Waals surface area contributed by atoms with Gasteiger partial charge < -0.3 is 10.4 Å². The molecular formula is C19H21F3N2O2S. The van der Waals surface area contributed by atoms with E-state index in [1.54, 1.807) is 12.1 Å². The Bertz CT molecular complexity index is 726. The molecule has 2 aromatic rings. The van der Waals surface area contributed by atoms with Crippen LogP contribution < -0.4 is 5.32 Å². The van der Waals surface area contributed by atoms with E-state index < -0.39 is 25.2 Å². The third-order valence-electron chi connectivity index (χ3n) is 3.53. The highest BCUT2D eigenvalue weighted by atomic mass is 32.2. The molecule has 0 aliphatic carbocycles. The highest BCUT2D eigenvalue weighted by Gasteiger charge is 2.31. The molecule has 1 amide bonds. The molecule has 0 atom stereocenters. The number of hydrogen-bond donors (Lipinski definition) is 2. The van der Waals surface area contributed by atoms with Crippen LogP contribution in [0.2, 0.25) is 0 Å². The summed E-state index contributed by atoms with van der Waals surface area (Å²) in [5.41, 5.74) is 0.547. The zero-order valence-electron chi connectivity index (χ0n) is 14.6. The molecule has 0 unspecified atom stereocenters. The summed E-state index contributed by atoms with van der Waals surface area (Å²) in [5.74, 6) is -0.529. The van der Waals surface area contributed by atoms with Gasteiger partial charge >= 0.3 is 6.18 Å². The zero-order valence-corrected chi connectivity index (χ0v) is 15.4. The summed E-state index contributed by atoms with van der Waals surface area (Å²) in [6.45, 7) is -1.83. The highest BCUT2D eigenvalue weighted by molar-refractivity contribution is 7.99. The zero-order chi connectivity index (χ0) is 19.7. The van der Waals surface area contributed by atoms with Crippen LogP contribution in [0.3, 0.4) is 0 Å². The molecule has 0 fully saturated rings. The fraction of sp³-hybridized carbons (Fsp3) is 0.316. The largest absolute Gasteiger partial charge is 0.401 e. The molecular weight excluding hydrogens is 377 g/mol. The predicted molar refractivity (Wildman–Crippen MR) is 99.8 cm³/mol. The third-order valence-corrected chi connectivity index (χ3v) is 4.62. The van der Waals surface area contributed by atoms with E-state index in [-0.39, 0.29) is 19.6 Å². The fourth-order valence-electron chi connectivity index (χ4n) is 2.43. The van der Waals surface area contributed by atoms with Gasteiger partial charge in [0.05, 0.1) is 18.8 Å². The molecule has 0 heterocycles. The van der Waals surface area contributed by atoms with Gasteiger partial charge in [-0.3, -0.25) is 9.69 Å². The van der Waals surface area contributed by atoms with Gasteiger partial charge in [-0.05, 0) is 30.7 Å². The molecule has 0 saturated carbocycles. The molecule has 8 heteroatoms. The van der Waals surface area contributed by atoms with Crippen LogP contribution in [-0.4, -0.2) is 48.3 Å². The van der Waals surface area contributed by atoms with Crippen molar-refractivity contribution in [2.24, 2.45) is 0 Å². The van der Waals surface area contributed by atoms with E-state index in [1.807, 2.05) is 42.5 Å². The number of amides is 1. The Balaban J connectivity index is 2.03. The van der Waals surface area contributed by atoms with E-state index >= 15 is 0 Å². The molecule has 0 bridgehead atoms. The van der Waals surface area contributed by atoms with Gasteiger partial charge in [-0.25, -0.2) is 0 Å². The number of aliphatic hydroxyl groups excluding tert-OH is 1. The Labute approximate surface area is 160 Å². The lowest BCUT2D eigenvalue weighted by Gasteiger charge is -2.23. The summed E-state index contributed by atoms with van der Waals surface area (Å²) < 4.78 is 38.0. The first-order chi connectivity index (χ1) is 12.9. The normalized spacial score (nSPS) is 11.6. The predicted octanol–water partition coefficient (Wildman–Crippen LogP) is 4.02. The summed E-state index contributed by atoms with van der Waals surface area (Å²) in [6.07, 6.45) is -4.24. The molecule has 0 spiro atoms. The maximum absolute atomic E-state index is 12.7. The van der Waals surface area contributed by atoms with E-state index in [2.05, 4.69) is 5.32 Å². The van der Waals surface area contributed by atoms with E-state index in [4.69, 9.17) is 5.11 Å². The second kappa shape index (κ2) is 10.3. The van der Waals surface area contributed by atoms with Crippen molar-refractivity contribution in [2.45, 2.75) is 22.4 Å². The number of hydrogen-bond acceptors (Lipinski definition) is 4. The van der Waals surface area contributed by atoms with Gasteiger partial charge in [0.2, 0.25) is 5.91 Å². The summed E-state index contributed by atoms with van der Waals surface area (Å²) in [7, 11) is 0. The first kappa shape index (κ1) is 21.3. The van der Waals surface area contributed by atoms with Crippen LogP contribution in [0.25, 0.3) is 0 Å². The molecule has 2 rings (SSSR count). The van der Waals surface area contributed by atoms with Crippen molar-refractivity contribution in [3.05, 3.63) is 54.6 Å². The first-order valence-corrected chi connectivity index (χ1v) is 9.21.